The molecule has 5 nitrogen and oxygen atoms in total. The van der Waals surface area contributed by atoms with Crippen molar-refractivity contribution >= 4 is 15.7 Å². The quantitative estimate of drug-likeness (QED) is 0.661. The molecule has 0 heterocycles. The van der Waals surface area contributed by atoms with Gasteiger partial charge in [-0.2, -0.15) is 5.26 Å². The van der Waals surface area contributed by atoms with Gasteiger partial charge in [0.05, 0.1) is 12.7 Å². The van der Waals surface area contributed by atoms with Gasteiger partial charge in [-0.15, -0.1) is 0 Å². The molecule has 29 heavy (non-hydrogen) atoms. The Morgan fingerprint density at radius 3 is 2.24 bits per heavy atom. The maximum Gasteiger partial charge on any atom is 0.264 e. The van der Waals surface area contributed by atoms with E-state index in [4.69, 9.17) is 10.00 Å². The molecular weight excluding hydrogens is 398 g/mol. The largest absolute Gasteiger partial charge is 0.497 e. The average molecular weight is 414 g/mol. The molecule has 8 heteroatoms. The number of nitrogens with one attached hydrogen (secondary N) is 1. The van der Waals surface area contributed by atoms with Crippen LogP contribution in [0.3, 0.4) is 0 Å². The molecule has 0 spiro atoms. The van der Waals surface area contributed by atoms with Gasteiger partial charge in [-0.1, -0.05) is 12.1 Å². The minimum atomic E-state index is -4.18. The molecule has 148 valence electrons. The van der Waals surface area contributed by atoms with Crippen molar-refractivity contribution in [1.82, 2.24) is 0 Å². The number of nitrogens with zero attached hydrogens (tertiary/aromatic N) is 1. The van der Waals surface area contributed by atoms with Crippen molar-refractivity contribution < 1.29 is 21.9 Å². The van der Waals surface area contributed by atoms with Crippen LogP contribution in [-0.4, -0.2) is 15.5 Å². The van der Waals surface area contributed by atoms with Crippen molar-refractivity contribution in [3.63, 3.8) is 0 Å². The lowest BCUT2D eigenvalue weighted by molar-refractivity contribution is 0.411. The average Bonchev–Trinajstić information content (AvgIpc) is 2.68. The fraction of sp³-hybridized carbons (Fsp3) is 0.0952. The van der Waals surface area contributed by atoms with E-state index in [-0.39, 0.29) is 17.0 Å². The lowest BCUT2D eigenvalue weighted by Crippen LogP contribution is -2.14. The number of ether oxygens (including phenoxy) is 1. The summed E-state index contributed by atoms with van der Waals surface area (Å²) in [5, 5.41) is 8.96. The Hall–Kier alpha value is -3.44. The van der Waals surface area contributed by atoms with Gasteiger partial charge in [-0.05, 0) is 60.0 Å². The van der Waals surface area contributed by atoms with E-state index in [1.54, 1.807) is 25.1 Å². The summed E-state index contributed by atoms with van der Waals surface area (Å²) < 4.78 is 60.3. The van der Waals surface area contributed by atoms with Crippen LogP contribution in [0.15, 0.2) is 59.5 Å². The summed E-state index contributed by atoms with van der Waals surface area (Å²) in [5.74, 6) is -1.32. The zero-order valence-electron chi connectivity index (χ0n) is 15.5. The third-order valence-corrected chi connectivity index (χ3v) is 5.69. The highest BCUT2D eigenvalue weighted by atomic mass is 32.2. The SMILES string of the molecule is COc1ccc(F)c(S(=O)(=O)Nc2ccc(-c3cc(C)c(C#N)c(F)c3)cc2)c1. The van der Waals surface area contributed by atoms with E-state index < -0.39 is 26.6 Å². The number of aryl methyl sites for hydroxylation is 1. The molecule has 0 saturated carbocycles. The molecule has 1 N–H and O–H groups in total. The fourth-order valence-electron chi connectivity index (χ4n) is 2.81. The molecule has 0 bridgehead atoms. The van der Waals surface area contributed by atoms with Crippen molar-refractivity contribution in [3.8, 4) is 22.9 Å². The van der Waals surface area contributed by atoms with E-state index in [2.05, 4.69) is 4.72 Å². The first-order valence-corrected chi connectivity index (χ1v) is 9.90. The highest BCUT2D eigenvalue weighted by molar-refractivity contribution is 7.92. The number of benzene rings is 3. The second-order valence-electron chi connectivity index (χ2n) is 6.24. The first-order chi connectivity index (χ1) is 13.7. The number of halogens is 2. The van der Waals surface area contributed by atoms with Gasteiger partial charge in [0, 0.05) is 11.8 Å². The Labute approximate surface area is 167 Å². The third-order valence-electron chi connectivity index (χ3n) is 4.30. The van der Waals surface area contributed by atoms with E-state index >= 15 is 0 Å². The van der Waals surface area contributed by atoms with E-state index in [9.17, 15) is 17.2 Å². The molecule has 0 saturated heterocycles. The number of hydrogen-bond donors (Lipinski definition) is 1. The van der Waals surface area contributed by atoms with Crippen LogP contribution in [0.25, 0.3) is 11.1 Å². The summed E-state index contributed by atoms with van der Waals surface area (Å²) >= 11 is 0. The van der Waals surface area contributed by atoms with Crippen LogP contribution in [0.4, 0.5) is 14.5 Å². The topological polar surface area (TPSA) is 79.2 Å². The summed E-state index contributed by atoms with van der Waals surface area (Å²) in [6.45, 7) is 1.64. The van der Waals surface area contributed by atoms with Crippen LogP contribution in [-0.2, 0) is 10.0 Å². The number of methoxy groups -OCH3 is 1. The second-order valence-corrected chi connectivity index (χ2v) is 7.89. The zero-order valence-corrected chi connectivity index (χ0v) is 16.3. The summed E-state index contributed by atoms with van der Waals surface area (Å²) in [4.78, 5) is -0.536. The maximum atomic E-state index is 14.0. The molecule has 0 aliphatic carbocycles. The molecule has 0 aromatic heterocycles. The minimum Gasteiger partial charge on any atom is -0.497 e. The highest BCUT2D eigenvalue weighted by Gasteiger charge is 2.20. The monoisotopic (exact) mass is 414 g/mol. The lowest BCUT2D eigenvalue weighted by atomic mass is 9.99. The molecule has 3 aromatic carbocycles. The maximum absolute atomic E-state index is 14.0. The van der Waals surface area contributed by atoms with Gasteiger partial charge in [0.2, 0.25) is 0 Å². The molecule has 0 aliphatic heterocycles. The van der Waals surface area contributed by atoms with Gasteiger partial charge in [-0.3, -0.25) is 4.72 Å². The molecule has 0 aliphatic rings. The Kier molecular flexibility index (Phi) is 5.52. The molecule has 0 unspecified atom stereocenters. The van der Waals surface area contributed by atoms with Crippen LogP contribution < -0.4 is 9.46 Å². The van der Waals surface area contributed by atoms with Gasteiger partial charge in [0.25, 0.3) is 10.0 Å². The summed E-state index contributed by atoms with van der Waals surface area (Å²) in [6, 6.07) is 14.3. The predicted octanol–water partition coefficient (Wildman–Crippen LogP) is 4.62. The first kappa shape index (κ1) is 20.3. The first-order valence-electron chi connectivity index (χ1n) is 8.42. The lowest BCUT2D eigenvalue weighted by Gasteiger charge is -2.11. The standard InChI is InChI=1S/C21H16F2N2O3S/c1-13-9-15(10-20(23)18(13)12-24)14-3-5-16(6-4-14)25-29(26,27)21-11-17(28-2)7-8-19(21)22/h3-11,25H,1-2H3. The highest BCUT2D eigenvalue weighted by Crippen LogP contribution is 2.27. The normalized spacial score (nSPS) is 11.0. The Morgan fingerprint density at radius 1 is 0.966 bits per heavy atom. The van der Waals surface area contributed by atoms with E-state index in [0.717, 1.165) is 12.1 Å². The van der Waals surface area contributed by atoms with Crippen LogP contribution >= 0.6 is 0 Å². The molecule has 3 aromatic rings. The van der Waals surface area contributed by atoms with Crippen LogP contribution in [0.1, 0.15) is 11.1 Å². The van der Waals surface area contributed by atoms with E-state index in [0.29, 0.717) is 16.7 Å². The van der Waals surface area contributed by atoms with Gasteiger partial charge >= 0.3 is 0 Å². The number of rotatable bonds is 5. The molecule has 3 rings (SSSR count). The van der Waals surface area contributed by atoms with Crippen LogP contribution in [0.5, 0.6) is 5.75 Å². The summed E-state index contributed by atoms with van der Waals surface area (Å²) in [5.41, 5.74) is 1.88. The molecule has 0 atom stereocenters. The van der Waals surface area contributed by atoms with Crippen LogP contribution in [0, 0.1) is 29.9 Å². The number of hydrogen-bond acceptors (Lipinski definition) is 4. The number of nitriles is 1. The Balaban J connectivity index is 1.89. The van der Waals surface area contributed by atoms with E-state index in [1.807, 2.05) is 6.07 Å². The Morgan fingerprint density at radius 2 is 1.66 bits per heavy atom. The summed E-state index contributed by atoms with van der Waals surface area (Å²) in [7, 11) is -2.83. The van der Waals surface area contributed by atoms with E-state index in [1.165, 1.54) is 31.4 Å². The van der Waals surface area contributed by atoms with Crippen molar-refractivity contribution in [2.45, 2.75) is 11.8 Å². The number of sulfonamides is 1. The van der Waals surface area contributed by atoms with Crippen molar-refractivity contribution in [3.05, 3.63) is 77.4 Å². The van der Waals surface area contributed by atoms with Gasteiger partial charge in [0.15, 0.2) is 0 Å². The smallest absolute Gasteiger partial charge is 0.264 e. The fourth-order valence-corrected chi connectivity index (χ4v) is 3.96. The zero-order chi connectivity index (χ0) is 21.2. The van der Waals surface area contributed by atoms with Gasteiger partial charge < -0.3 is 4.74 Å². The molecule has 0 fully saturated rings. The Bertz CT molecular complexity index is 1190. The predicted molar refractivity (Wildman–Crippen MR) is 105 cm³/mol. The minimum absolute atomic E-state index is 0.0153. The number of anilines is 1. The molecular formula is C21H16F2N2O3S. The molecule has 0 amide bonds. The molecule has 0 radical (unpaired) electrons. The summed E-state index contributed by atoms with van der Waals surface area (Å²) in [6.07, 6.45) is 0. The third kappa shape index (κ3) is 4.20. The van der Waals surface area contributed by atoms with Crippen molar-refractivity contribution in [1.29, 1.82) is 5.26 Å². The van der Waals surface area contributed by atoms with Gasteiger partial charge in [-0.25, -0.2) is 17.2 Å². The van der Waals surface area contributed by atoms with Crippen LogP contribution in [0.2, 0.25) is 0 Å². The van der Waals surface area contributed by atoms with Crippen molar-refractivity contribution in [2.24, 2.45) is 0 Å². The van der Waals surface area contributed by atoms with Crippen molar-refractivity contribution in [2.75, 3.05) is 11.8 Å². The second kappa shape index (κ2) is 7.89. The van der Waals surface area contributed by atoms with Gasteiger partial charge in [0.1, 0.15) is 28.3 Å².